The first-order valence-corrected chi connectivity index (χ1v) is 10.1. The van der Waals surface area contributed by atoms with E-state index in [1.165, 1.54) is 12.1 Å². The van der Waals surface area contributed by atoms with E-state index < -0.39 is 6.04 Å². The Morgan fingerprint density at radius 2 is 1.84 bits per heavy atom. The van der Waals surface area contributed by atoms with E-state index in [1.807, 2.05) is 36.1 Å². The lowest BCUT2D eigenvalue weighted by Crippen LogP contribution is -2.49. The number of aromatic nitrogens is 1. The molecule has 1 aromatic heterocycles. The van der Waals surface area contributed by atoms with Gasteiger partial charge in [-0.3, -0.25) is 14.7 Å². The highest BCUT2D eigenvalue weighted by molar-refractivity contribution is 5.98. The Morgan fingerprint density at radius 1 is 1.13 bits per heavy atom. The second kappa shape index (κ2) is 8.70. The highest BCUT2D eigenvalue weighted by Crippen LogP contribution is 2.25. The Balaban J connectivity index is 1.48. The van der Waals surface area contributed by atoms with E-state index in [9.17, 15) is 14.4 Å². The molecule has 0 N–H and O–H groups in total. The lowest BCUT2D eigenvalue weighted by atomic mass is 10.0. The molecule has 0 bridgehead atoms. The van der Waals surface area contributed by atoms with Crippen molar-refractivity contribution in [2.45, 2.75) is 13.0 Å². The van der Waals surface area contributed by atoms with Crippen molar-refractivity contribution in [1.29, 1.82) is 5.26 Å². The fraction of sp³-hybridized carbons (Fsp3) is 0.292. The minimum absolute atomic E-state index is 0.0577. The summed E-state index contributed by atoms with van der Waals surface area (Å²) in [6.07, 6.45) is 0. The quantitative estimate of drug-likeness (QED) is 0.646. The number of nitriles is 1. The molecule has 1 saturated heterocycles. The van der Waals surface area contributed by atoms with Gasteiger partial charge in [0.1, 0.15) is 17.6 Å². The molecule has 2 aromatic carbocycles. The summed E-state index contributed by atoms with van der Waals surface area (Å²) in [7, 11) is 1.61. The molecule has 1 fully saturated rings. The zero-order chi connectivity index (χ0) is 22.0. The molecule has 7 heteroatoms. The van der Waals surface area contributed by atoms with Crippen molar-refractivity contribution in [2.75, 3.05) is 33.3 Å². The van der Waals surface area contributed by atoms with Gasteiger partial charge in [-0.1, -0.05) is 12.1 Å². The number of piperazine rings is 1. The molecular weight excluding hydrogens is 395 g/mol. The van der Waals surface area contributed by atoms with Gasteiger partial charge < -0.3 is 9.64 Å². The minimum Gasteiger partial charge on any atom is -0.497 e. The molecule has 0 saturated carbocycles. The van der Waals surface area contributed by atoms with Crippen molar-refractivity contribution in [3.8, 4) is 11.8 Å². The average Bonchev–Trinajstić information content (AvgIpc) is 2.80. The molecule has 1 atom stereocenters. The van der Waals surface area contributed by atoms with Crippen LogP contribution in [-0.4, -0.2) is 54.0 Å². The number of carbonyl (C=O) groups excluding carboxylic acids is 1. The number of carbonyl (C=O) groups is 1. The molecule has 1 aliphatic heterocycles. The molecule has 1 unspecified atom stereocenters. The van der Waals surface area contributed by atoms with E-state index >= 15 is 0 Å². The van der Waals surface area contributed by atoms with E-state index in [2.05, 4.69) is 11.1 Å². The van der Waals surface area contributed by atoms with Gasteiger partial charge >= 0.3 is 0 Å². The molecule has 0 aliphatic carbocycles. The molecule has 1 aliphatic rings. The first kappa shape index (κ1) is 20.8. The normalized spacial score (nSPS) is 15.5. The van der Waals surface area contributed by atoms with Crippen LogP contribution in [0.3, 0.4) is 0 Å². The number of fused-ring (bicyclic) bond motifs is 1. The SMILES string of the molecule is COc1ccc2cc(C(=O)N3CCN(C(C#N)c4ccc(F)cc4)CC3)c(C)nc2c1. The Morgan fingerprint density at radius 3 is 2.48 bits per heavy atom. The number of pyridine rings is 1. The van der Waals surface area contributed by atoms with Gasteiger partial charge in [-0.25, -0.2) is 4.39 Å². The molecule has 158 valence electrons. The monoisotopic (exact) mass is 418 g/mol. The van der Waals surface area contributed by atoms with E-state index in [0.29, 0.717) is 37.4 Å². The Hall–Kier alpha value is -3.50. The summed E-state index contributed by atoms with van der Waals surface area (Å²) in [5.74, 6) is 0.342. The third-order valence-electron chi connectivity index (χ3n) is 5.72. The standard InChI is InChI=1S/C24H23FN4O2/c1-16-21(13-18-5-8-20(31-2)14-22(18)27-16)24(30)29-11-9-28(10-12-29)23(15-26)17-3-6-19(25)7-4-17/h3-8,13-14,23H,9-12H2,1-2H3. The summed E-state index contributed by atoms with van der Waals surface area (Å²) in [6, 6.07) is 15.3. The molecule has 0 spiro atoms. The number of halogens is 1. The van der Waals surface area contributed by atoms with Gasteiger partial charge in [0, 0.05) is 37.6 Å². The van der Waals surface area contributed by atoms with Crippen molar-refractivity contribution in [2.24, 2.45) is 0 Å². The molecule has 0 radical (unpaired) electrons. The summed E-state index contributed by atoms with van der Waals surface area (Å²) in [5, 5.41) is 10.5. The third kappa shape index (κ3) is 4.21. The van der Waals surface area contributed by atoms with Crippen LogP contribution in [0, 0.1) is 24.1 Å². The van der Waals surface area contributed by atoms with E-state index in [-0.39, 0.29) is 11.7 Å². The minimum atomic E-state index is -0.461. The average molecular weight is 418 g/mol. The second-order valence-electron chi connectivity index (χ2n) is 7.59. The largest absolute Gasteiger partial charge is 0.497 e. The first-order valence-electron chi connectivity index (χ1n) is 10.1. The second-order valence-corrected chi connectivity index (χ2v) is 7.59. The van der Waals surface area contributed by atoms with Gasteiger partial charge in [0.25, 0.3) is 5.91 Å². The number of aryl methyl sites for hydroxylation is 1. The summed E-state index contributed by atoms with van der Waals surface area (Å²) < 4.78 is 18.5. The number of hydrogen-bond donors (Lipinski definition) is 0. The smallest absolute Gasteiger partial charge is 0.255 e. The highest BCUT2D eigenvalue weighted by atomic mass is 19.1. The van der Waals surface area contributed by atoms with Crippen LogP contribution in [0.5, 0.6) is 5.75 Å². The predicted molar refractivity (Wildman–Crippen MR) is 115 cm³/mol. The highest BCUT2D eigenvalue weighted by Gasteiger charge is 2.28. The zero-order valence-electron chi connectivity index (χ0n) is 17.5. The molecule has 4 rings (SSSR count). The first-order chi connectivity index (χ1) is 15.0. The predicted octanol–water partition coefficient (Wildman–Crippen LogP) is 3.71. The number of methoxy groups -OCH3 is 1. The van der Waals surface area contributed by atoms with Crippen molar-refractivity contribution >= 4 is 16.8 Å². The Labute approximate surface area is 180 Å². The van der Waals surface area contributed by atoms with Crippen molar-refractivity contribution in [3.63, 3.8) is 0 Å². The van der Waals surface area contributed by atoms with Gasteiger partial charge in [-0.05, 0) is 42.8 Å². The zero-order valence-corrected chi connectivity index (χ0v) is 17.5. The Bertz CT molecular complexity index is 1150. The number of amides is 1. The number of hydrogen-bond acceptors (Lipinski definition) is 5. The van der Waals surface area contributed by atoms with Gasteiger partial charge in [-0.2, -0.15) is 5.26 Å². The Kier molecular flexibility index (Phi) is 5.83. The molecule has 31 heavy (non-hydrogen) atoms. The molecule has 6 nitrogen and oxygen atoms in total. The maximum atomic E-state index is 13.2. The van der Waals surface area contributed by atoms with Gasteiger partial charge in [0.2, 0.25) is 0 Å². The number of ether oxygens (including phenoxy) is 1. The lowest BCUT2D eigenvalue weighted by molar-refractivity contribution is 0.0605. The summed E-state index contributed by atoms with van der Waals surface area (Å²) >= 11 is 0. The van der Waals surface area contributed by atoms with Crippen LogP contribution < -0.4 is 4.74 Å². The van der Waals surface area contributed by atoms with Gasteiger partial charge in [0.05, 0.1) is 30.0 Å². The third-order valence-corrected chi connectivity index (χ3v) is 5.72. The topological polar surface area (TPSA) is 69.5 Å². The van der Waals surface area contributed by atoms with Crippen LogP contribution in [0.15, 0.2) is 48.5 Å². The van der Waals surface area contributed by atoms with Crippen LogP contribution in [0.2, 0.25) is 0 Å². The van der Waals surface area contributed by atoms with Gasteiger partial charge in [0.15, 0.2) is 0 Å². The van der Waals surface area contributed by atoms with E-state index in [4.69, 9.17) is 4.74 Å². The van der Waals surface area contributed by atoms with Crippen LogP contribution >= 0.6 is 0 Å². The van der Waals surface area contributed by atoms with Crippen LogP contribution in [0.25, 0.3) is 10.9 Å². The van der Waals surface area contributed by atoms with Crippen LogP contribution in [0.4, 0.5) is 4.39 Å². The number of benzene rings is 2. The lowest BCUT2D eigenvalue weighted by Gasteiger charge is -2.37. The fourth-order valence-electron chi connectivity index (χ4n) is 3.95. The maximum Gasteiger partial charge on any atom is 0.255 e. The molecular formula is C24H23FN4O2. The summed E-state index contributed by atoms with van der Waals surface area (Å²) in [6.45, 7) is 4.00. The van der Waals surface area contributed by atoms with E-state index in [1.54, 1.807) is 24.1 Å². The molecule has 2 heterocycles. The van der Waals surface area contributed by atoms with Crippen molar-refractivity contribution in [1.82, 2.24) is 14.8 Å². The van der Waals surface area contributed by atoms with Crippen LogP contribution in [-0.2, 0) is 0 Å². The van der Waals surface area contributed by atoms with E-state index in [0.717, 1.165) is 22.2 Å². The molecule has 3 aromatic rings. The van der Waals surface area contributed by atoms with Gasteiger partial charge in [-0.15, -0.1) is 0 Å². The fourth-order valence-corrected chi connectivity index (χ4v) is 3.95. The van der Waals surface area contributed by atoms with Crippen LogP contribution in [0.1, 0.15) is 27.7 Å². The summed E-state index contributed by atoms with van der Waals surface area (Å²) in [5.41, 5.74) is 2.80. The number of nitrogens with zero attached hydrogens (tertiary/aromatic N) is 4. The summed E-state index contributed by atoms with van der Waals surface area (Å²) in [4.78, 5) is 21.6. The number of rotatable bonds is 4. The van der Waals surface area contributed by atoms with Crippen molar-refractivity contribution in [3.05, 3.63) is 71.2 Å². The molecule has 1 amide bonds. The van der Waals surface area contributed by atoms with Crippen molar-refractivity contribution < 1.29 is 13.9 Å². The maximum absolute atomic E-state index is 13.2.